The highest BCUT2D eigenvalue weighted by Crippen LogP contribution is 2.31. The van der Waals surface area contributed by atoms with Crippen molar-refractivity contribution in [3.63, 3.8) is 0 Å². The lowest BCUT2D eigenvalue weighted by Gasteiger charge is -2.25. The first kappa shape index (κ1) is 22.9. The monoisotopic (exact) mass is 530 g/mol. The van der Waals surface area contributed by atoms with Gasteiger partial charge in [0.2, 0.25) is 0 Å². The SMILES string of the molecule is CCOC(=O)C1=C(C)N=c2s/c(=C/c3sccc3Br)c(=O)n2C1c1ccc(C(C)C)cc1. The van der Waals surface area contributed by atoms with Gasteiger partial charge in [-0.15, -0.1) is 11.3 Å². The maximum Gasteiger partial charge on any atom is 0.338 e. The Balaban J connectivity index is 1.95. The first-order valence-corrected chi connectivity index (χ1v) is 12.8. The Bertz CT molecular complexity index is 1380. The number of nitrogens with zero attached hydrogens (tertiary/aromatic N) is 2. The molecule has 1 aliphatic heterocycles. The number of fused-ring (bicyclic) bond motifs is 1. The van der Waals surface area contributed by atoms with Crippen LogP contribution in [-0.2, 0) is 9.53 Å². The molecule has 0 aliphatic carbocycles. The van der Waals surface area contributed by atoms with Crippen LogP contribution in [0.5, 0.6) is 0 Å². The fourth-order valence-corrected chi connectivity index (χ4v) is 6.22. The highest BCUT2D eigenvalue weighted by molar-refractivity contribution is 9.10. The van der Waals surface area contributed by atoms with E-state index in [-0.39, 0.29) is 12.2 Å². The van der Waals surface area contributed by atoms with Gasteiger partial charge in [-0.05, 0) is 64.3 Å². The van der Waals surface area contributed by atoms with Crippen molar-refractivity contribution in [3.8, 4) is 0 Å². The molecule has 5 nitrogen and oxygen atoms in total. The number of carbonyl (C=O) groups is 1. The second-order valence-corrected chi connectivity index (χ2v) is 10.6. The largest absolute Gasteiger partial charge is 0.463 e. The molecule has 1 unspecified atom stereocenters. The molecule has 3 heterocycles. The average Bonchev–Trinajstić information content (AvgIpc) is 3.30. The molecule has 1 aromatic carbocycles. The van der Waals surface area contributed by atoms with Gasteiger partial charge in [0.25, 0.3) is 5.56 Å². The van der Waals surface area contributed by atoms with Crippen molar-refractivity contribution in [2.24, 2.45) is 4.99 Å². The van der Waals surface area contributed by atoms with Crippen molar-refractivity contribution in [1.82, 2.24) is 4.57 Å². The van der Waals surface area contributed by atoms with Crippen LogP contribution in [0.1, 0.15) is 55.7 Å². The summed E-state index contributed by atoms with van der Waals surface area (Å²) in [6, 6.07) is 9.46. The summed E-state index contributed by atoms with van der Waals surface area (Å²) in [5.74, 6) is -0.0564. The molecule has 8 heteroatoms. The highest BCUT2D eigenvalue weighted by atomic mass is 79.9. The van der Waals surface area contributed by atoms with Gasteiger partial charge in [-0.1, -0.05) is 49.4 Å². The van der Waals surface area contributed by atoms with Crippen LogP contribution in [0.25, 0.3) is 6.08 Å². The lowest BCUT2D eigenvalue weighted by Crippen LogP contribution is -2.39. The number of thiazole rings is 1. The Hall–Kier alpha value is -2.29. The number of allylic oxidation sites excluding steroid dienone is 1. The number of benzene rings is 1. The highest BCUT2D eigenvalue weighted by Gasteiger charge is 2.33. The van der Waals surface area contributed by atoms with E-state index in [1.165, 1.54) is 16.9 Å². The van der Waals surface area contributed by atoms with Crippen molar-refractivity contribution in [2.45, 2.75) is 39.7 Å². The Kier molecular flexibility index (Phi) is 6.65. The fourth-order valence-electron chi connectivity index (χ4n) is 3.70. The standard InChI is InChI=1S/C24H23BrN2O3S2/c1-5-30-23(29)20-14(4)26-24-27(21(20)16-8-6-15(7-9-16)13(2)3)22(28)19(32-24)12-18-17(25)10-11-31-18/h6-13,21H,5H2,1-4H3/b19-12+. The van der Waals surface area contributed by atoms with E-state index in [2.05, 4.69) is 46.9 Å². The van der Waals surface area contributed by atoms with Crippen LogP contribution in [0, 0.1) is 0 Å². The second kappa shape index (κ2) is 9.29. The van der Waals surface area contributed by atoms with E-state index < -0.39 is 12.0 Å². The lowest BCUT2D eigenvalue weighted by atomic mass is 9.93. The number of ether oxygens (including phenoxy) is 1. The van der Waals surface area contributed by atoms with Crippen molar-refractivity contribution < 1.29 is 9.53 Å². The number of thiophene rings is 1. The first-order chi connectivity index (χ1) is 15.3. The van der Waals surface area contributed by atoms with Crippen LogP contribution in [0.3, 0.4) is 0 Å². The Morgan fingerprint density at radius 3 is 2.59 bits per heavy atom. The van der Waals surface area contributed by atoms with Crippen LogP contribution in [0.15, 0.2) is 61.2 Å². The molecule has 0 bridgehead atoms. The molecular weight excluding hydrogens is 508 g/mol. The van der Waals surface area contributed by atoms with Gasteiger partial charge in [-0.2, -0.15) is 0 Å². The minimum Gasteiger partial charge on any atom is -0.463 e. The van der Waals surface area contributed by atoms with Crippen LogP contribution < -0.4 is 14.9 Å². The fraction of sp³-hybridized carbons (Fsp3) is 0.292. The zero-order valence-electron chi connectivity index (χ0n) is 18.2. The van der Waals surface area contributed by atoms with E-state index >= 15 is 0 Å². The summed E-state index contributed by atoms with van der Waals surface area (Å²) >= 11 is 6.41. The van der Waals surface area contributed by atoms with E-state index in [0.717, 1.165) is 14.9 Å². The Morgan fingerprint density at radius 2 is 2.00 bits per heavy atom. The van der Waals surface area contributed by atoms with Gasteiger partial charge >= 0.3 is 5.97 Å². The number of aromatic nitrogens is 1. The molecule has 0 N–H and O–H groups in total. The van der Waals surface area contributed by atoms with Gasteiger partial charge < -0.3 is 4.74 Å². The predicted octanol–water partition coefficient (Wildman–Crippen LogP) is 4.75. The van der Waals surface area contributed by atoms with Crippen LogP contribution in [0.4, 0.5) is 0 Å². The van der Waals surface area contributed by atoms with E-state index in [0.29, 0.717) is 26.5 Å². The normalized spacial score (nSPS) is 16.3. The summed E-state index contributed by atoms with van der Waals surface area (Å²) in [7, 11) is 0. The van der Waals surface area contributed by atoms with E-state index in [9.17, 15) is 9.59 Å². The van der Waals surface area contributed by atoms with Gasteiger partial charge in [-0.25, -0.2) is 9.79 Å². The Morgan fingerprint density at radius 1 is 1.28 bits per heavy atom. The van der Waals surface area contributed by atoms with Crippen molar-refractivity contribution in [2.75, 3.05) is 6.61 Å². The molecule has 0 amide bonds. The molecule has 0 saturated heterocycles. The molecule has 1 aliphatic rings. The third kappa shape index (κ3) is 4.19. The summed E-state index contributed by atoms with van der Waals surface area (Å²) in [4.78, 5) is 32.6. The molecule has 166 valence electrons. The smallest absolute Gasteiger partial charge is 0.338 e. The Labute approximate surface area is 202 Å². The minimum absolute atomic E-state index is 0.165. The molecule has 0 radical (unpaired) electrons. The van der Waals surface area contributed by atoms with Crippen molar-refractivity contribution >= 4 is 50.6 Å². The predicted molar refractivity (Wildman–Crippen MR) is 133 cm³/mol. The van der Waals surface area contributed by atoms with E-state index in [1.54, 1.807) is 29.8 Å². The van der Waals surface area contributed by atoms with Crippen LogP contribution in [0.2, 0.25) is 0 Å². The zero-order valence-corrected chi connectivity index (χ0v) is 21.4. The first-order valence-electron chi connectivity index (χ1n) is 10.3. The maximum atomic E-state index is 13.5. The van der Waals surface area contributed by atoms with Gasteiger partial charge in [0.1, 0.15) is 0 Å². The van der Waals surface area contributed by atoms with Crippen LogP contribution in [-0.4, -0.2) is 17.1 Å². The topological polar surface area (TPSA) is 60.7 Å². The molecule has 32 heavy (non-hydrogen) atoms. The molecule has 0 saturated carbocycles. The van der Waals surface area contributed by atoms with E-state index in [1.807, 2.05) is 29.7 Å². The third-order valence-electron chi connectivity index (χ3n) is 5.34. The number of hydrogen-bond acceptors (Lipinski definition) is 6. The quantitative estimate of drug-likeness (QED) is 0.447. The molecule has 1 atom stereocenters. The summed E-state index contributed by atoms with van der Waals surface area (Å²) in [6.45, 7) is 8.10. The average molecular weight is 531 g/mol. The third-order valence-corrected chi connectivity index (χ3v) is 8.14. The van der Waals surface area contributed by atoms with Crippen molar-refractivity contribution in [3.05, 3.63) is 87.1 Å². The maximum absolute atomic E-state index is 13.5. The molecular formula is C24H23BrN2O3S2. The number of halogens is 1. The minimum atomic E-state index is -0.583. The molecule has 0 spiro atoms. The van der Waals surface area contributed by atoms with Gasteiger partial charge in [0.15, 0.2) is 4.80 Å². The van der Waals surface area contributed by atoms with E-state index in [4.69, 9.17) is 4.74 Å². The van der Waals surface area contributed by atoms with Crippen molar-refractivity contribution in [1.29, 1.82) is 0 Å². The molecule has 4 rings (SSSR count). The van der Waals surface area contributed by atoms with Gasteiger partial charge in [0, 0.05) is 9.35 Å². The molecule has 3 aromatic rings. The number of carbonyl (C=O) groups excluding carboxylic acids is 1. The summed E-state index contributed by atoms with van der Waals surface area (Å²) in [5.41, 5.74) is 2.87. The van der Waals surface area contributed by atoms with Crippen LogP contribution >= 0.6 is 38.6 Å². The number of hydrogen-bond donors (Lipinski definition) is 0. The number of esters is 1. The number of rotatable bonds is 5. The molecule has 2 aromatic heterocycles. The van der Waals surface area contributed by atoms with Gasteiger partial charge in [-0.3, -0.25) is 9.36 Å². The van der Waals surface area contributed by atoms with Gasteiger partial charge in [0.05, 0.1) is 28.5 Å². The summed E-state index contributed by atoms with van der Waals surface area (Å²) < 4.78 is 8.49. The lowest BCUT2D eigenvalue weighted by molar-refractivity contribution is -0.139. The zero-order chi connectivity index (χ0) is 23.0. The molecule has 0 fully saturated rings. The summed E-state index contributed by atoms with van der Waals surface area (Å²) in [5, 5.41) is 1.97. The summed E-state index contributed by atoms with van der Waals surface area (Å²) in [6.07, 6.45) is 1.88. The second-order valence-electron chi connectivity index (χ2n) is 7.76.